The Morgan fingerprint density at radius 3 is 1.77 bits per heavy atom. The van der Waals surface area contributed by atoms with Crippen molar-refractivity contribution in [2.24, 2.45) is 0 Å². The van der Waals surface area contributed by atoms with Gasteiger partial charge in [-0.2, -0.15) is 4.98 Å². The molecule has 0 bridgehead atoms. The van der Waals surface area contributed by atoms with E-state index in [1.807, 2.05) is 107 Å². The zero-order valence-electron chi connectivity index (χ0n) is 49.3. The molecular formula is C58H78N5O20P. The van der Waals surface area contributed by atoms with E-state index >= 15 is 4.57 Å². The molecule has 2 fully saturated rings. The van der Waals surface area contributed by atoms with Gasteiger partial charge in [0.1, 0.15) is 60.1 Å². The number of anilines is 1. The van der Waals surface area contributed by atoms with Crippen LogP contribution in [0.5, 0.6) is 11.5 Å². The summed E-state index contributed by atoms with van der Waals surface area (Å²) in [5.74, 6) is -1.75. The number of methoxy groups -OCH3 is 2. The molecule has 84 heavy (non-hydrogen) atoms. The maximum Gasteiger partial charge on any atom is 0.409 e. The number of hydrogen-bond acceptors (Lipinski definition) is 21. The second-order valence-electron chi connectivity index (χ2n) is 20.2. The van der Waals surface area contributed by atoms with Crippen LogP contribution in [0.1, 0.15) is 91.7 Å². The number of nitrogens with one attached hydrogen (secondary N) is 2. The zero-order valence-corrected chi connectivity index (χ0v) is 50.1. The van der Waals surface area contributed by atoms with E-state index < -0.39 is 97.8 Å². The molecule has 4 aromatic rings. The van der Waals surface area contributed by atoms with Crippen molar-refractivity contribution in [1.82, 2.24) is 19.5 Å². The summed E-state index contributed by atoms with van der Waals surface area (Å²) in [4.78, 5) is 78.0. The Labute approximate surface area is 488 Å². The molecule has 460 valence electrons. The lowest BCUT2D eigenvalue weighted by Crippen LogP contribution is -2.66. The van der Waals surface area contributed by atoms with Gasteiger partial charge in [-0.15, -0.1) is 0 Å². The topological polar surface area (TPSA) is 285 Å². The molecule has 0 aliphatic carbocycles. The van der Waals surface area contributed by atoms with Crippen molar-refractivity contribution in [2.75, 3.05) is 72.4 Å². The largest absolute Gasteiger partial charge is 0.497 e. The van der Waals surface area contributed by atoms with Crippen molar-refractivity contribution in [2.45, 2.75) is 135 Å². The van der Waals surface area contributed by atoms with Crippen molar-refractivity contribution < 1.29 is 89.7 Å². The molecule has 3 heterocycles. The predicted molar refractivity (Wildman–Crippen MR) is 302 cm³/mol. The number of benzene rings is 3. The van der Waals surface area contributed by atoms with Crippen molar-refractivity contribution in [1.29, 1.82) is 0 Å². The molecule has 2 aliphatic rings. The highest BCUT2D eigenvalue weighted by atomic mass is 31.2. The number of carbonyl (C=O) groups excluding carboxylic acids is 5. The smallest absolute Gasteiger partial charge is 0.409 e. The molecule has 2 aliphatic heterocycles. The number of esters is 3. The van der Waals surface area contributed by atoms with Gasteiger partial charge >= 0.3 is 31.3 Å². The van der Waals surface area contributed by atoms with Crippen LogP contribution >= 0.6 is 7.75 Å². The van der Waals surface area contributed by atoms with Crippen molar-refractivity contribution in [3.05, 3.63) is 118 Å². The molecule has 9 atom stereocenters. The van der Waals surface area contributed by atoms with Gasteiger partial charge in [0, 0.05) is 59.3 Å². The van der Waals surface area contributed by atoms with Gasteiger partial charge < -0.3 is 62.7 Å². The lowest BCUT2D eigenvalue weighted by Gasteiger charge is -2.44. The van der Waals surface area contributed by atoms with E-state index in [1.54, 1.807) is 18.9 Å². The predicted octanol–water partition coefficient (Wildman–Crippen LogP) is 5.85. The van der Waals surface area contributed by atoms with Crippen LogP contribution in [0.3, 0.4) is 0 Å². The Kier molecular flexibility index (Phi) is 24.9. The van der Waals surface area contributed by atoms with Crippen LogP contribution in [0, 0.1) is 0 Å². The number of nitrogens with zero attached hydrogens (tertiary/aromatic N) is 3. The van der Waals surface area contributed by atoms with Crippen LogP contribution in [0.4, 0.5) is 5.82 Å². The SMILES string of the molecule is COc1ccc(C(OC[C@H]2O[C@@H](n3ccc(NC(C)=O)nc3=O)C[C@@H]2OP(=O)(OCCOCCOCCO[C@@H]2O[C@H](COC(C)=O)[C@H](OC(C)=O)[C@H](OC(C)=O)[C@H]2NC(C)=O)N(C(C)C)C(C)C)(c2ccccc2)c2ccc(OC)cc2)cc1. The van der Waals surface area contributed by atoms with E-state index in [1.165, 1.54) is 37.6 Å². The Hall–Kier alpha value is -6.64. The molecule has 2 amide bonds. The maximum atomic E-state index is 15.6. The van der Waals surface area contributed by atoms with Crippen LogP contribution in [-0.4, -0.2) is 166 Å². The molecule has 0 spiro atoms. The molecule has 25 nitrogen and oxygen atoms in total. The van der Waals surface area contributed by atoms with Gasteiger partial charge in [0.05, 0.1) is 60.5 Å². The zero-order chi connectivity index (χ0) is 61.1. The van der Waals surface area contributed by atoms with E-state index in [4.69, 9.17) is 61.2 Å². The average molecular weight is 1200 g/mol. The minimum Gasteiger partial charge on any atom is -0.497 e. The average Bonchev–Trinajstić information content (AvgIpc) is 1.47. The molecule has 0 radical (unpaired) electrons. The first kappa shape index (κ1) is 66.5. The van der Waals surface area contributed by atoms with E-state index in [0.717, 1.165) is 30.5 Å². The van der Waals surface area contributed by atoms with E-state index in [9.17, 15) is 28.8 Å². The number of carbonyl (C=O) groups is 5. The second kappa shape index (κ2) is 31.5. The van der Waals surface area contributed by atoms with Gasteiger partial charge in [0.2, 0.25) is 11.8 Å². The van der Waals surface area contributed by atoms with Gasteiger partial charge in [-0.05, 0) is 74.7 Å². The summed E-state index contributed by atoms with van der Waals surface area (Å²) in [5.41, 5.74) is 0.233. The van der Waals surface area contributed by atoms with Crippen LogP contribution in [0.25, 0.3) is 0 Å². The minimum atomic E-state index is -4.30. The molecule has 2 saturated heterocycles. The number of hydrogen-bond donors (Lipinski definition) is 2. The summed E-state index contributed by atoms with van der Waals surface area (Å²) in [5, 5.41) is 5.17. The Balaban J connectivity index is 1.18. The number of amides is 2. The third-order valence-electron chi connectivity index (χ3n) is 13.3. The second-order valence-corrected chi connectivity index (χ2v) is 22.1. The van der Waals surface area contributed by atoms with Crippen LogP contribution in [-0.2, 0) is 85.8 Å². The van der Waals surface area contributed by atoms with Crippen LogP contribution in [0.15, 0.2) is 95.9 Å². The minimum absolute atomic E-state index is 0.00284. The fourth-order valence-corrected chi connectivity index (χ4v) is 12.3. The molecule has 1 aromatic heterocycles. The lowest BCUT2D eigenvalue weighted by atomic mass is 9.80. The maximum absolute atomic E-state index is 15.6. The Morgan fingerprint density at radius 2 is 1.25 bits per heavy atom. The van der Waals surface area contributed by atoms with Crippen molar-refractivity contribution in [3.63, 3.8) is 0 Å². The number of ether oxygens (including phenoxy) is 11. The first-order chi connectivity index (χ1) is 40.1. The highest BCUT2D eigenvalue weighted by molar-refractivity contribution is 7.51. The first-order valence-corrected chi connectivity index (χ1v) is 29.0. The van der Waals surface area contributed by atoms with Crippen molar-refractivity contribution >= 4 is 43.3 Å². The van der Waals surface area contributed by atoms with Gasteiger partial charge in [-0.25, -0.2) is 14.0 Å². The summed E-state index contributed by atoms with van der Waals surface area (Å²) in [6.07, 6.45) is -6.57. The van der Waals surface area contributed by atoms with E-state index in [0.29, 0.717) is 11.5 Å². The summed E-state index contributed by atoms with van der Waals surface area (Å²) < 4.78 is 96.4. The summed E-state index contributed by atoms with van der Waals surface area (Å²) in [6.45, 7) is 12.7. The fraction of sp³-hybridized carbons (Fsp3) is 0.534. The van der Waals surface area contributed by atoms with Gasteiger partial charge in [0.25, 0.3) is 0 Å². The van der Waals surface area contributed by atoms with Gasteiger partial charge in [0.15, 0.2) is 18.5 Å². The standard InChI is InChI=1S/C58H78N5O20P/c1-36(2)63(37(3)4)84(70,78-32-30-74-28-27-73-29-31-75-56-53(60-39(6)65)55(80-42(9)68)54(79-41(8)67)50(82-56)34-76-40(7)66)83-48-33-52(62-26-25-51(59-38(5)64)61-57(62)69)81-49(48)35-77-58(43-15-13-12-14-16-43,44-17-21-46(71-10)22-18-44)45-19-23-47(72-11)24-20-45/h12-26,36-37,48-50,52-56H,27-35H2,1-11H3,(H,60,65)(H,59,61,64,69)/t48-,49+,50+,52+,53+,54-,55+,56+,84?/m0/s1. The third-order valence-corrected chi connectivity index (χ3v) is 15.8. The highest BCUT2D eigenvalue weighted by Gasteiger charge is 2.52. The van der Waals surface area contributed by atoms with Gasteiger partial charge in [-0.1, -0.05) is 54.6 Å². The van der Waals surface area contributed by atoms with E-state index in [2.05, 4.69) is 15.6 Å². The normalized spacial score (nSPS) is 21.4. The summed E-state index contributed by atoms with van der Waals surface area (Å²) in [7, 11) is -1.13. The Bertz CT molecular complexity index is 2840. The van der Waals surface area contributed by atoms with Crippen molar-refractivity contribution in [3.8, 4) is 11.5 Å². The molecule has 26 heteroatoms. The number of rotatable bonds is 31. The van der Waals surface area contributed by atoms with Crippen LogP contribution < -0.4 is 25.8 Å². The quantitative estimate of drug-likeness (QED) is 0.0196. The molecule has 6 rings (SSSR count). The third kappa shape index (κ3) is 18.0. The monoisotopic (exact) mass is 1200 g/mol. The fourth-order valence-electron chi connectivity index (χ4n) is 9.97. The summed E-state index contributed by atoms with van der Waals surface area (Å²) >= 11 is 0. The summed E-state index contributed by atoms with van der Waals surface area (Å²) in [6, 6.07) is 24.2. The Morgan fingerprint density at radius 1 is 0.690 bits per heavy atom. The number of aromatic nitrogens is 2. The molecule has 1 unspecified atom stereocenters. The highest BCUT2D eigenvalue weighted by Crippen LogP contribution is 2.57. The van der Waals surface area contributed by atoms with E-state index in [-0.39, 0.29) is 77.2 Å². The van der Waals surface area contributed by atoms with Gasteiger partial charge in [-0.3, -0.25) is 37.6 Å². The van der Waals surface area contributed by atoms with Crippen LogP contribution in [0.2, 0.25) is 0 Å². The molecule has 3 aromatic carbocycles. The molecule has 0 saturated carbocycles. The lowest BCUT2D eigenvalue weighted by molar-refractivity contribution is -0.279. The molecular weight excluding hydrogens is 1120 g/mol. The first-order valence-electron chi connectivity index (χ1n) is 27.5. The molecule has 2 N–H and O–H groups in total.